The van der Waals surface area contributed by atoms with Gasteiger partial charge in [-0.05, 0) is 53.6 Å². The molecule has 2 aromatic carbocycles. The van der Waals surface area contributed by atoms with Crippen molar-refractivity contribution in [2.75, 3.05) is 13.1 Å². The van der Waals surface area contributed by atoms with Crippen LogP contribution in [-0.2, 0) is 17.8 Å². The molecule has 1 amide bonds. The van der Waals surface area contributed by atoms with Crippen molar-refractivity contribution in [1.29, 1.82) is 0 Å². The van der Waals surface area contributed by atoms with Crippen molar-refractivity contribution >= 4 is 12.0 Å². The van der Waals surface area contributed by atoms with Gasteiger partial charge < -0.3 is 9.47 Å². The highest BCUT2D eigenvalue weighted by Crippen LogP contribution is 2.34. The van der Waals surface area contributed by atoms with Crippen molar-refractivity contribution in [3.8, 4) is 22.5 Å². The normalized spacial score (nSPS) is 17.6. The number of carbonyl (C=O) groups excluding carboxylic acids is 1. The van der Waals surface area contributed by atoms with Crippen molar-refractivity contribution in [3.05, 3.63) is 65.7 Å². The van der Waals surface area contributed by atoms with Crippen LogP contribution in [0.2, 0.25) is 0 Å². The molecule has 1 saturated heterocycles. The van der Waals surface area contributed by atoms with Crippen LogP contribution in [0, 0.1) is 17.7 Å². The molecule has 1 saturated carbocycles. The van der Waals surface area contributed by atoms with E-state index in [9.17, 15) is 4.79 Å². The van der Waals surface area contributed by atoms with Gasteiger partial charge in [-0.3, -0.25) is 4.79 Å². The van der Waals surface area contributed by atoms with Crippen LogP contribution in [0.1, 0.15) is 24.0 Å². The number of benzene rings is 2. The molecule has 2 heterocycles. The highest BCUT2D eigenvalue weighted by atomic mass is 19.1. The summed E-state index contributed by atoms with van der Waals surface area (Å²) in [4.78, 5) is 14.1. The second-order valence-corrected chi connectivity index (χ2v) is 8.91. The number of fused-ring (bicyclic) bond motifs is 1. The number of amides is 1. The molecule has 0 atom stereocenters. The number of carbonyl (C=O) groups is 1. The number of aromatic nitrogens is 3. The zero-order valence-corrected chi connectivity index (χ0v) is 17.2. The van der Waals surface area contributed by atoms with Crippen LogP contribution >= 0.6 is 0 Å². The van der Waals surface area contributed by atoms with E-state index in [1.54, 1.807) is 18.5 Å². The van der Waals surface area contributed by atoms with Gasteiger partial charge in [0.1, 0.15) is 12.1 Å². The fourth-order valence-electron chi connectivity index (χ4n) is 4.64. The summed E-state index contributed by atoms with van der Waals surface area (Å²) in [6.45, 7) is 2.22. The third-order valence-electron chi connectivity index (χ3n) is 6.59. The van der Waals surface area contributed by atoms with Crippen LogP contribution in [-0.4, -0.2) is 38.7 Å². The largest absolute Gasteiger partial charge is 0.342 e. The quantitative estimate of drug-likeness (QED) is 0.629. The first-order valence-corrected chi connectivity index (χ1v) is 10.9. The first-order valence-electron chi connectivity index (χ1n) is 10.9. The molecule has 0 unspecified atom stereocenters. The lowest BCUT2D eigenvalue weighted by Crippen LogP contribution is -2.51. The summed E-state index contributed by atoms with van der Waals surface area (Å²) in [6.07, 6.45) is 8.92. The van der Waals surface area contributed by atoms with E-state index in [-0.39, 0.29) is 11.7 Å². The Bertz CT molecular complexity index is 1200. The average molecular weight is 414 g/mol. The molecule has 0 spiro atoms. The Morgan fingerprint density at radius 3 is 2.71 bits per heavy atom. The van der Waals surface area contributed by atoms with Gasteiger partial charge >= 0.3 is 0 Å². The van der Waals surface area contributed by atoms with Gasteiger partial charge in [-0.25, -0.2) is 4.39 Å². The summed E-state index contributed by atoms with van der Waals surface area (Å²) in [5.74, 6) is 1.16. The lowest BCUT2D eigenvalue weighted by Gasteiger charge is -2.39. The van der Waals surface area contributed by atoms with Crippen molar-refractivity contribution in [1.82, 2.24) is 19.7 Å². The maximum Gasteiger partial charge on any atom is 0.225 e. The van der Waals surface area contributed by atoms with E-state index in [4.69, 9.17) is 0 Å². The lowest BCUT2D eigenvalue weighted by atomic mass is 9.98. The summed E-state index contributed by atoms with van der Waals surface area (Å²) in [5, 5.41) is 8.21. The van der Waals surface area contributed by atoms with Crippen molar-refractivity contribution in [2.24, 2.45) is 11.8 Å². The fourth-order valence-corrected chi connectivity index (χ4v) is 4.64. The standard InChI is InChI=1S/C25H23FN4O/c26-23-11-21(20-7-4-17-2-1-3-19(17)10-20)8-9-22(23)24-28-27-15-30(24)14-16-12-29(13-16)25(31)18-5-6-18/h1-2,4,7-11,15-16,18H,3,5-6,12-14H2. The van der Waals surface area contributed by atoms with Crippen LogP contribution in [0.25, 0.3) is 28.6 Å². The van der Waals surface area contributed by atoms with Crippen LogP contribution in [0.15, 0.2) is 48.8 Å². The SMILES string of the molecule is O=C(C1CC1)N1CC(Cn2cnnc2-c2ccc(-c3ccc4c(c3)CC=C4)cc2F)C1. The Kier molecular flexibility index (Phi) is 4.26. The Labute approximate surface area is 180 Å². The second kappa shape index (κ2) is 7.15. The second-order valence-electron chi connectivity index (χ2n) is 8.91. The topological polar surface area (TPSA) is 51.0 Å². The number of allylic oxidation sites excluding steroid dienone is 1. The van der Waals surface area contributed by atoms with Crippen molar-refractivity contribution < 1.29 is 9.18 Å². The number of likely N-dealkylation sites (tertiary alicyclic amines) is 1. The van der Waals surface area contributed by atoms with E-state index >= 15 is 4.39 Å². The molecule has 3 aromatic rings. The van der Waals surface area contributed by atoms with Gasteiger partial charge in [0.25, 0.3) is 0 Å². The maximum absolute atomic E-state index is 15.1. The van der Waals surface area contributed by atoms with E-state index in [0.717, 1.165) is 43.5 Å². The van der Waals surface area contributed by atoms with Gasteiger partial charge in [-0.1, -0.05) is 36.4 Å². The van der Waals surface area contributed by atoms with Crippen LogP contribution in [0.3, 0.4) is 0 Å². The van der Waals surface area contributed by atoms with Gasteiger partial charge in [0.2, 0.25) is 5.91 Å². The summed E-state index contributed by atoms with van der Waals surface area (Å²) in [6, 6.07) is 11.6. The Hall–Kier alpha value is -3.28. The number of hydrogen-bond donors (Lipinski definition) is 0. The van der Waals surface area contributed by atoms with E-state index in [1.165, 1.54) is 11.1 Å². The van der Waals surface area contributed by atoms with Crippen LogP contribution in [0.4, 0.5) is 4.39 Å². The van der Waals surface area contributed by atoms with Gasteiger partial charge in [-0.15, -0.1) is 10.2 Å². The molecule has 0 radical (unpaired) electrons. The molecule has 0 bridgehead atoms. The number of halogens is 1. The molecule has 2 aliphatic carbocycles. The molecule has 156 valence electrons. The molecular weight excluding hydrogens is 391 g/mol. The monoisotopic (exact) mass is 414 g/mol. The molecular formula is C25H23FN4O. The molecule has 3 aliphatic rings. The summed E-state index contributed by atoms with van der Waals surface area (Å²) in [7, 11) is 0. The number of nitrogens with zero attached hydrogens (tertiary/aromatic N) is 4. The van der Waals surface area contributed by atoms with E-state index < -0.39 is 0 Å². The Balaban J connectivity index is 1.19. The predicted octanol–water partition coefficient (Wildman–Crippen LogP) is 4.19. The predicted molar refractivity (Wildman–Crippen MR) is 116 cm³/mol. The highest BCUT2D eigenvalue weighted by Gasteiger charge is 2.39. The molecule has 31 heavy (non-hydrogen) atoms. The molecule has 6 rings (SSSR count). The minimum Gasteiger partial charge on any atom is -0.342 e. The molecule has 0 N–H and O–H groups in total. The zero-order chi connectivity index (χ0) is 20.9. The van der Waals surface area contributed by atoms with E-state index in [1.807, 2.05) is 21.6 Å². The van der Waals surface area contributed by atoms with Crippen molar-refractivity contribution in [3.63, 3.8) is 0 Å². The molecule has 1 aromatic heterocycles. The van der Waals surface area contributed by atoms with Gasteiger partial charge in [0, 0.05) is 31.5 Å². The lowest BCUT2D eigenvalue weighted by molar-refractivity contribution is -0.139. The Morgan fingerprint density at radius 2 is 1.90 bits per heavy atom. The number of hydrogen-bond acceptors (Lipinski definition) is 3. The summed E-state index contributed by atoms with van der Waals surface area (Å²) < 4.78 is 17.0. The van der Waals surface area contributed by atoms with E-state index in [2.05, 4.69) is 34.5 Å². The third-order valence-corrected chi connectivity index (χ3v) is 6.59. The van der Waals surface area contributed by atoms with Crippen LogP contribution in [0.5, 0.6) is 0 Å². The third kappa shape index (κ3) is 3.36. The first-order chi connectivity index (χ1) is 15.2. The molecule has 6 heteroatoms. The fraction of sp³-hybridized carbons (Fsp3) is 0.320. The van der Waals surface area contributed by atoms with Crippen LogP contribution < -0.4 is 0 Å². The molecule has 2 fully saturated rings. The minimum absolute atomic E-state index is 0.265. The van der Waals surface area contributed by atoms with Gasteiger partial charge in [0.15, 0.2) is 5.82 Å². The summed E-state index contributed by atoms with van der Waals surface area (Å²) >= 11 is 0. The van der Waals surface area contributed by atoms with Gasteiger partial charge in [0.05, 0.1) is 5.56 Å². The zero-order valence-electron chi connectivity index (χ0n) is 17.2. The van der Waals surface area contributed by atoms with Crippen molar-refractivity contribution in [2.45, 2.75) is 25.8 Å². The molecule has 1 aliphatic heterocycles. The minimum atomic E-state index is -0.301. The first kappa shape index (κ1) is 18.5. The summed E-state index contributed by atoms with van der Waals surface area (Å²) in [5.41, 5.74) is 4.84. The maximum atomic E-state index is 15.1. The van der Waals surface area contributed by atoms with E-state index in [0.29, 0.717) is 29.8 Å². The smallest absolute Gasteiger partial charge is 0.225 e. The van der Waals surface area contributed by atoms with Gasteiger partial charge in [-0.2, -0.15) is 0 Å². The molecule has 5 nitrogen and oxygen atoms in total. The Morgan fingerprint density at radius 1 is 1.10 bits per heavy atom. The number of rotatable bonds is 5. The highest BCUT2D eigenvalue weighted by molar-refractivity contribution is 5.81. The average Bonchev–Trinajstić information content (AvgIpc) is 3.32.